The van der Waals surface area contributed by atoms with Crippen LogP contribution in [0.25, 0.3) is 0 Å². The Bertz CT molecular complexity index is 147. The number of hydrazone groups is 1. The van der Waals surface area contributed by atoms with Gasteiger partial charge in [-0.1, -0.05) is 0 Å². The number of thiocarbonyl (C=S) groups is 1. The summed E-state index contributed by atoms with van der Waals surface area (Å²) in [5.74, 6) is 0. The smallest absolute Gasteiger partial charge is 0.189 e. The molecule has 0 aromatic heterocycles. The summed E-state index contributed by atoms with van der Waals surface area (Å²) < 4.78 is 0. The number of hydrogen-bond donors (Lipinski definition) is 1. The van der Waals surface area contributed by atoms with Gasteiger partial charge in [0.1, 0.15) is 0 Å². The summed E-state index contributed by atoms with van der Waals surface area (Å²) in [5, 5.41) is 4.56. The molecule has 0 aliphatic rings. The van der Waals surface area contributed by atoms with Crippen LogP contribution >= 0.6 is 12.2 Å². The average molecular weight is 159 g/mol. The van der Waals surface area contributed by atoms with Crippen LogP contribution in [0.1, 0.15) is 13.8 Å². The molecule has 10 heavy (non-hydrogen) atoms. The minimum Gasteiger partial charge on any atom is -0.354 e. The lowest BCUT2D eigenvalue weighted by Crippen LogP contribution is -2.31. The van der Waals surface area contributed by atoms with Crippen molar-refractivity contribution in [1.82, 2.24) is 10.3 Å². The van der Waals surface area contributed by atoms with Gasteiger partial charge < -0.3 is 4.90 Å². The van der Waals surface area contributed by atoms with Crippen molar-refractivity contribution in [2.45, 2.75) is 13.8 Å². The SMILES string of the molecule is CC(C)=NNC(=S)N(C)C. The molecule has 0 aliphatic heterocycles. The predicted octanol–water partition coefficient (Wildman–Crippen LogP) is 0.818. The molecule has 0 aliphatic carbocycles. The van der Waals surface area contributed by atoms with E-state index in [9.17, 15) is 0 Å². The summed E-state index contributed by atoms with van der Waals surface area (Å²) in [6.07, 6.45) is 0. The Kier molecular flexibility index (Phi) is 3.95. The summed E-state index contributed by atoms with van der Waals surface area (Å²) >= 11 is 4.90. The number of rotatable bonds is 1. The molecular weight excluding hydrogens is 146 g/mol. The zero-order valence-corrected chi connectivity index (χ0v) is 7.62. The Morgan fingerprint density at radius 3 is 2.20 bits per heavy atom. The predicted molar refractivity (Wildman–Crippen MR) is 48.2 cm³/mol. The standard InChI is InChI=1S/C6H13N3S/c1-5(2)7-8-6(10)9(3)4/h1-4H3,(H,8,10). The van der Waals surface area contributed by atoms with Crippen LogP contribution in [0, 0.1) is 0 Å². The largest absolute Gasteiger partial charge is 0.354 e. The van der Waals surface area contributed by atoms with Crippen LogP contribution in [0.4, 0.5) is 0 Å². The topological polar surface area (TPSA) is 27.6 Å². The van der Waals surface area contributed by atoms with E-state index in [1.54, 1.807) is 4.90 Å². The van der Waals surface area contributed by atoms with Crippen molar-refractivity contribution < 1.29 is 0 Å². The highest BCUT2D eigenvalue weighted by Gasteiger charge is 1.92. The molecule has 0 rings (SSSR count). The third-order valence-electron chi connectivity index (χ3n) is 0.781. The molecule has 0 amide bonds. The molecule has 0 bridgehead atoms. The molecule has 0 fully saturated rings. The minimum atomic E-state index is 0.626. The van der Waals surface area contributed by atoms with Gasteiger partial charge in [-0.25, -0.2) is 0 Å². The summed E-state index contributed by atoms with van der Waals surface area (Å²) in [5.41, 5.74) is 3.69. The van der Waals surface area contributed by atoms with E-state index in [-0.39, 0.29) is 0 Å². The highest BCUT2D eigenvalue weighted by molar-refractivity contribution is 7.80. The van der Waals surface area contributed by atoms with Gasteiger partial charge in [0, 0.05) is 19.8 Å². The van der Waals surface area contributed by atoms with E-state index in [1.165, 1.54) is 0 Å². The maximum absolute atomic E-state index is 4.90. The van der Waals surface area contributed by atoms with E-state index in [1.807, 2.05) is 27.9 Å². The van der Waals surface area contributed by atoms with E-state index < -0.39 is 0 Å². The molecule has 0 saturated carbocycles. The summed E-state index contributed by atoms with van der Waals surface area (Å²) in [4.78, 5) is 1.79. The fourth-order valence-electron chi connectivity index (χ4n) is 0.260. The molecule has 1 N–H and O–H groups in total. The van der Waals surface area contributed by atoms with Crippen molar-refractivity contribution in [2.24, 2.45) is 5.10 Å². The van der Waals surface area contributed by atoms with Crippen molar-refractivity contribution in [3.63, 3.8) is 0 Å². The average Bonchev–Trinajstić information content (AvgIpc) is 1.82. The number of nitrogens with one attached hydrogen (secondary N) is 1. The normalized spacial score (nSPS) is 8.40. The van der Waals surface area contributed by atoms with E-state index in [2.05, 4.69) is 10.5 Å². The fourth-order valence-corrected chi connectivity index (χ4v) is 0.305. The Labute approximate surface area is 67.1 Å². The van der Waals surface area contributed by atoms with Crippen molar-refractivity contribution in [2.75, 3.05) is 14.1 Å². The van der Waals surface area contributed by atoms with Crippen LogP contribution < -0.4 is 5.43 Å². The second kappa shape index (κ2) is 4.22. The molecule has 3 nitrogen and oxygen atoms in total. The van der Waals surface area contributed by atoms with Gasteiger partial charge in [0.2, 0.25) is 0 Å². The lowest BCUT2D eigenvalue weighted by molar-refractivity contribution is 0.606. The third kappa shape index (κ3) is 4.26. The first-order chi connectivity index (χ1) is 4.54. The summed E-state index contributed by atoms with van der Waals surface area (Å²) in [6, 6.07) is 0. The van der Waals surface area contributed by atoms with E-state index >= 15 is 0 Å². The summed E-state index contributed by atoms with van der Waals surface area (Å²) in [6.45, 7) is 3.82. The molecule has 0 radical (unpaired) electrons. The van der Waals surface area contributed by atoms with Gasteiger partial charge in [-0.3, -0.25) is 5.43 Å². The molecule has 0 heterocycles. The summed E-state index contributed by atoms with van der Waals surface area (Å²) in [7, 11) is 3.74. The van der Waals surface area contributed by atoms with Gasteiger partial charge >= 0.3 is 0 Å². The lowest BCUT2D eigenvalue weighted by Gasteiger charge is -2.11. The van der Waals surface area contributed by atoms with E-state index in [0.29, 0.717) is 5.11 Å². The van der Waals surface area contributed by atoms with Gasteiger partial charge in [-0.05, 0) is 26.1 Å². The van der Waals surface area contributed by atoms with Crippen LogP contribution in [0.2, 0.25) is 0 Å². The lowest BCUT2D eigenvalue weighted by atomic mass is 10.5. The first kappa shape index (κ1) is 9.36. The Morgan fingerprint density at radius 1 is 1.40 bits per heavy atom. The molecule has 0 aromatic carbocycles. The monoisotopic (exact) mass is 159 g/mol. The zero-order chi connectivity index (χ0) is 8.15. The van der Waals surface area contributed by atoms with Crippen LogP contribution in [0.3, 0.4) is 0 Å². The van der Waals surface area contributed by atoms with Crippen LogP contribution in [0.5, 0.6) is 0 Å². The third-order valence-corrected chi connectivity index (χ3v) is 1.24. The fraction of sp³-hybridized carbons (Fsp3) is 0.667. The van der Waals surface area contributed by atoms with E-state index in [4.69, 9.17) is 12.2 Å². The highest BCUT2D eigenvalue weighted by Crippen LogP contribution is 1.78. The first-order valence-electron chi connectivity index (χ1n) is 3.02. The van der Waals surface area contributed by atoms with E-state index in [0.717, 1.165) is 5.71 Å². The molecule has 0 spiro atoms. The van der Waals surface area contributed by atoms with Crippen LogP contribution in [0.15, 0.2) is 5.10 Å². The maximum Gasteiger partial charge on any atom is 0.189 e. The first-order valence-corrected chi connectivity index (χ1v) is 3.43. The molecular formula is C6H13N3S. The maximum atomic E-state index is 4.90. The Morgan fingerprint density at radius 2 is 1.90 bits per heavy atom. The van der Waals surface area contributed by atoms with Gasteiger partial charge in [-0.2, -0.15) is 5.10 Å². The van der Waals surface area contributed by atoms with Gasteiger partial charge in [0.25, 0.3) is 0 Å². The zero-order valence-electron chi connectivity index (χ0n) is 6.80. The molecule has 58 valence electrons. The number of nitrogens with zero attached hydrogens (tertiary/aromatic N) is 2. The highest BCUT2D eigenvalue weighted by atomic mass is 32.1. The number of hydrogen-bond acceptors (Lipinski definition) is 2. The second-order valence-corrected chi connectivity index (χ2v) is 2.76. The molecule has 0 saturated heterocycles. The Balaban J connectivity index is 3.71. The quantitative estimate of drug-likeness (QED) is 0.349. The molecule has 0 unspecified atom stereocenters. The molecule has 4 heteroatoms. The van der Waals surface area contributed by atoms with Gasteiger partial charge in [0.05, 0.1) is 0 Å². The van der Waals surface area contributed by atoms with Gasteiger partial charge in [-0.15, -0.1) is 0 Å². The van der Waals surface area contributed by atoms with Crippen molar-refractivity contribution in [3.05, 3.63) is 0 Å². The van der Waals surface area contributed by atoms with Crippen molar-refractivity contribution in [3.8, 4) is 0 Å². The van der Waals surface area contributed by atoms with Crippen molar-refractivity contribution >= 4 is 23.0 Å². The minimum absolute atomic E-state index is 0.626. The second-order valence-electron chi connectivity index (χ2n) is 2.37. The molecule has 0 aromatic rings. The Hall–Kier alpha value is -0.640. The van der Waals surface area contributed by atoms with Crippen molar-refractivity contribution in [1.29, 1.82) is 0 Å². The van der Waals surface area contributed by atoms with Crippen LogP contribution in [-0.2, 0) is 0 Å². The van der Waals surface area contributed by atoms with Crippen LogP contribution in [-0.4, -0.2) is 29.8 Å². The van der Waals surface area contributed by atoms with Gasteiger partial charge in [0.15, 0.2) is 5.11 Å². The molecule has 0 atom stereocenters.